The Bertz CT molecular complexity index is 1360. The third kappa shape index (κ3) is 5.49. The Kier molecular flexibility index (Phi) is 7.44. The predicted octanol–water partition coefficient (Wildman–Crippen LogP) is 4.81. The van der Waals surface area contributed by atoms with E-state index in [4.69, 9.17) is 39.5 Å². The lowest BCUT2D eigenvalue weighted by molar-refractivity contribution is 0.102. The lowest BCUT2D eigenvalue weighted by Crippen LogP contribution is -2.47. The van der Waals surface area contributed by atoms with E-state index in [1.54, 1.807) is 30.3 Å². The zero-order valence-corrected chi connectivity index (χ0v) is 21.8. The smallest absolute Gasteiger partial charge is 0.264 e. The average Bonchev–Trinajstić information content (AvgIpc) is 2.78. The summed E-state index contributed by atoms with van der Waals surface area (Å²) < 4.78 is 34.4. The number of likely N-dealkylation sites (N-methyl/N-ethyl adjacent to an activating group) is 1. The van der Waals surface area contributed by atoms with Gasteiger partial charge in [-0.1, -0.05) is 46.9 Å². The Morgan fingerprint density at radius 3 is 2.49 bits per heavy atom. The molecule has 1 N–H and O–H groups in total. The molecule has 0 fully saturated rings. The SMILES string of the molecule is CN(C)CC1CN(S(=O)(=O)c2cccc(Cl)c2)c2cc(NC(=O)c3c(Cl)cccc3Cl)cnc2O1. The maximum Gasteiger partial charge on any atom is 0.264 e. The lowest BCUT2D eigenvalue weighted by atomic mass is 10.2. The number of hydrogen-bond donors (Lipinski definition) is 1. The van der Waals surface area contributed by atoms with Crippen molar-refractivity contribution in [2.75, 3.05) is 36.8 Å². The van der Waals surface area contributed by atoms with E-state index in [0.29, 0.717) is 11.6 Å². The summed E-state index contributed by atoms with van der Waals surface area (Å²) in [6, 6.07) is 12.2. The Labute approximate surface area is 218 Å². The number of carbonyl (C=O) groups is 1. The Balaban J connectivity index is 1.73. The molecule has 1 unspecified atom stereocenters. The molecule has 2 heterocycles. The predicted molar refractivity (Wildman–Crippen MR) is 138 cm³/mol. The van der Waals surface area contributed by atoms with Crippen LogP contribution in [0.15, 0.2) is 59.6 Å². The van der Waals surface area contributed by atoms with Gasteiger partial charge in [-0.3, -0.25) is 9.10 Å². The van der Waals surface area contributed by atoms with Crippen LogP contribution in [0.2, 0.25) is 15.1 Å². The number of ether oxygens (including phenoxy) is 1. The molecular formula is C23H21Cl3N4O4S. The highest BCUT2D eigenvalue weighted by molar-refractivity contribution is 7.92. The molecule has 1 aromatic heterocycles. The number of sulfonamides is 1. The van der Waals surface area contributed by atoms with Gasteiger partial charge in [0.05, 0.1) is 38.9 Å². The largest absolute Gasteiger partial charge is 0.470 e. The molecule has 0 spiro atoms. The van der Waals surface area contributed by atoms with Crippen LogP contribution in [0.5, 0.6) is 5.88 Å². The Morgan fingerprint density at radius 1 is 1.14 bits per heavy atom. The van der Waals surface area contributed by atoms with Gasteiger partial charge < -0.3 is 15.0 Å². The molecule has 3 aromatic rings. The van der Waals surface area contributed by atoms with Crippen LogP contribution in [0, 0.1) is 0 Å². The fraction of sp³-hybridized carbons (Fsp3) is 0.217. The van der Waals surface area contributed by atoms with Gasteiger partial charge >= 0.3 is 0 Å². The van der Waals surface area contributed by atoms with Crippen molar-refractivity contribution in [1.29, 1.82) is 0 Å². The van der Waals surface area contributed by atoms with Crippen LogP contribution >= 0.6 is 34.8 Å². The molecule has 0 bridgehead atoms. The van der Waals surface area contributed by atoms with Gasteiger partial charge in [0.25, 0.3) is 15.9 Å². The molecule has 0 saturated carbocycles. The van der Waals surface area contributed by atoms with Crippen LogP contribution in [-0.4, -0.2) is 57.5 Å². The number of fused-ring (bicyclic) bond motifs is 1. The highest BCUT2D eigenvalue weighted by Gasteiger charge is 2.36. The highest BCUT2D eigenvalue weighted by atomic mass is 35.5. The van der Waals surface area contributed by atoms with Gasteiger partial charge in [0.1, 0.15) is 11.8 Å². The summed E-state index contributed by atoms with van der Waals surface area (Å²) in [4.78, 5) is 19.1. The molecule has 0 saturated heterocycles. The van der Waals surface area contributed by atoms with E-state index in [-0.39, 0.29) is 44.3 Å². The van der Waals surface area contributed by atoms with Crippen LogP contribution in [-0.2, 0) is 10.0 Å². The number of nitrogens with zero attached hydrogens (tertiary/aromatic N) is 3. The van der Waals surface area contributed by atoms with Gasteiger partial charge in [-0.2, -0.15) is 0 Å². The molecule has 1 amide bonds. The Morgan fingerprint density at radius 2 is 1.83 bits per heavy atom. The van der Waals surface area contributed by atoms with Crippen LogP contribution in [0.4, 0.5) is 11.4 Å². The van der Waals surface area contributed by atoms with Gasteiger partial charge in [0.15, 0.2) is 0 Å². The molecule has 12 heteroatoms. The normalized spacial score (nSPS) is 15.5. The number of rotatable bonds is 6. The van der Waals surface area contributed by atoms with E-state index in [2.05, 4.69) is 10.3 Å². The second-order valence-electron chi connectivity index (χ2n) is 8.09. The first-order valence-electron chi connectivity index (χ1n) is 10.4. The molecule has 184 valence electrons. The standard InChI is InChI=1S/C23H21Cl3N4O4S/c1-29(2)12-16-13-30(35(32,33)17-6-3-5-14(24)9-17)20-10-15(11-27-23(20)34-16)28-22(31)21-18(25)7-4-8-19(21)26/h3-11,16H,12-13H2,1-2H3,(H,28,31). The van der Waals surface area contributed by atoms with Crippen LogP contribution < -0.4 is 14.4 Å². The fourth-order valence-electron chi connectivity index (χ4n) is 3.65. The van der Waals surface area contributed by atoms with Crippen molar-refractivity contribution in [2.24, 2.45) is 0 Å². The van der Waals surface area contributed by atoms with Crippen LogP contribution in [0.25, 0.3) is 0 Å². The first-order chi connectivity index (χ1) is 16.6. The Hall–Kier alpha value is -2.56. The monoisotopic (exact) mass is 554 g/mol. The zero-order chi connectivity index (χ0) is 25.3. The molecule has 0 radical (unpaired) electrons. The number of hydrogen-bond acceptors (Lipinski definition) is 6. The number of halogens is 3. The van der Waals surface area contributed by atoms with Crippen molar-refractivity contribution in [2.45, 2.75) is 11.0 Å². The van der Waals surface area contributed by atoms with Crippen molar-refractivity contribution in [3.05, 3.63) is 75.4 Å². The number of pyridine rings is 1. The summed E-state index contributed by atoms with van der Waals surface area (Å²) in [6.07, 6.45) is 0.908. The van der Waals surface area contributed by atoms with Gasteiger partial charge in [-0.05, 0) is 50.5 Å². The molecule has 8 nitrogen and oxygen atoms in total. The highest BCUT2D eigenvalue weighted by Crippen LogP contribution is 2.38. The van der Waals surface area contributed by atoms with Crippen molar-refractivity contribution in [3.63, 3.8) is 0 Å². The van der Waals surface area contributed by atoms with E-state index in [1.165, 1.54) is 28.7 Å². The van der Waals surface area contributed by atoms with Gasteiger partial charge in [0.2, 0.25) is 5.88 Å². The summed E-state index contributed by atoms with van der Waals surface area (Å²) >= 11 is 18.3. The molecular weight excluding hydrogens is 535 g/mol. The number of amides is 1. The summed E-state index contributed by atoms with van der Waals surface area (Å²) in [6.45, 7) is 0.502. The quantitative estimate of drug-likeness (QED) is 0.469. The van der Waals surface area contributed by atoms with Gasteiger partial charge in [-0.15, -0.1) is 0 Å². The topological polar surface area (TPSA) is 91.8 Å². The number of nitrogens with one attached hydrogen (secondary N) is 1. The molecule has 1 aliphatic heterocycles. The van der Waals surface area contributed by atoms with Gasteiger partial charge in [-0.25, -0.2) is 13.4 Å². The third-order valence-electron chi connectivity index (χ3n) is 5.15. The van der Waals surface area contributed by atoms with Crippen LogP contribution in [0.3, 0.4) is 0 Å². The van der Waals surface area contributed by atoms with E-state index < -0.39 is 22.0 Å². The number of aromatic nitrogens is 1. The first kappa shape index (κ1) is 25.5. The molecule has 35 heavy (non-hydrogen) atoms. The molecule has 2 aromatic carbocycles. The minimum Gasteiger partial charge on any atom is -0.470 e. The third-order valence-corrected chi connectivity index (χ3v) is 7.79. The maximum atomic E-state index is 13.6. The minimum atomic E-state index is -4.02. The van der Waals surface area contributed by atoms with Crippen molar-refractivity contribution in [1.82, 2.24) is 9.88 Å². The summed E-state index contributed by atoms with van der Waals surface area (Å²) in [5.41, 5.74) is 0.521. The summed E-state index contributed by atoms with van der Waals surface area (Å²) in [5, 5.41) is 3.33. The zero-order valence-electron chi connectivity index (χ0n) is 18.7. The van der Waals surface area contributed by atoms with E-state index in [9.17, 15) is 13.2 Å². The molecule has 0 aliphatic carbocycles. The lowest BCUT2D eigenvalue weighted by Gasteiger charge is -2.35. The second-order valence-corrected chi connectivity index (χ2v) is 11.2. The van der Waals surface area contributed by atoms with E-state index in [1.807, 2.05) is 19.0 Å². The summed E-state index contributed by atoms with van der Waals surface area (Å²) in [5.74, 6) is -0.434. The average molecular weight is 556 g/mol. The molecule has 4 rings (SSSR count). The van der Waals surface area contributed by atoms with E-state index in [0.717, 1.165) is 0 Å². The van der Waals surface area contributed by atoms with Crippen LogP contribution in [0.1, 0.15) is 10.4 Å². The number of anilines is 2. The molecule has 1 atom stereocenters. The number of carbonyl (C=O) groups excluding carboxylic acids is 1. The molecule has 1 aliphatic rings. The maximum absolute atomic E-state index is 13.6. The van der Waals surface area contributed by atoms with Gasteiger partial charge in [0, 0.05) is 11.6 Å². The van der Waals surface area contributed by atoms with Crippen molar-refractivity contribution in [3.8, 4) is 5.88 Å². The summed E-state index contributed by atoms with van der Waals surface area (Å²) in [7, 11) is -0.299. The first-order valence-corrected chi connectivity index (χ1v) is 13.0. The minimum absolute atomic E-state index is 0.0266. The second kappa shape index (κ2) is 10.2. The van der Waals surface area contributed by atoms with Crippen molar-refractivity contribution >= 4 is 62.1 Å². The number of benzene rings is 2. The van der Waals surface area contributed by atoms with Crippen molar-refractivity contribution < 1.29 is 17.9 Å². The fourth-order valence-corrected chi connectivity index (χ4v) is 6.01. The van der Waals surface area contributed by atoms with E-state index >= 15 is 0 Å².